The number of esters is 1. The maximum Gasteiger partial charge on any atom is 0.422 e. The van der Waals surface area contributed by atoms with Crippen molar-refractivity contribution in [3.63, 3.8) is 0 Å². The number of hydrogen-bond donors (Lipinski definition) is 0. The Balaban J connectivity index is 1.85. The zero-order valence-electron chi connectivity index (χ0n) is 7.66. The monoisotopic (exact) mass is 222 g/mol. The highest BCUT2D eigenvalue weighted by molar-refractivity contribution is 5.74. The highest BCUT2D eigenvalue weighted by Gasteiger charge is 2.43. The van der Waals surface area contributed by atoms with E-state index in [1.807, 2.05) is 0 Å². The van der Waals surface area contributed by atoms with Crippen LogP contribution >= 0.6 is 0 Å². The van der Waals surface area contributed by atoms with E-state index in [0.717, 1.165) is 0 Å². The summed E-state index contributed by atoms with van der Waals surface area (Å²) < 4.78 is 44.7. The third-order valence-electron chi connectivity index (χ3n) is 2.41. The van der Waals surface area contributed by atoms with Crippen molar-refractivity contribution >= 4 is 5.97 Å². The average molecular weight is 222 g/mol. The van der Waals surface area contributed by atoms with E-state index in [0.29, 0.717) is 6.42 Å². The van der Waals surface area contributed by atoms with Crippen LogP contribution < -0.4 is 0 Å². The quantitative estimate of drug-likeness (QED) is 0.523. The molecule has 0 spiro atoms. The second-order valence-corrected chi connectivity index (χ2v) is 3.59. The standard InChI is InChI=1S/C9H9F3O3/c10-9(11,12)4-14-8(13)6-3-5-1-2-7(6)15-5/h1-2,5-7H,3-4H2/t5-,6+,7+/m0/s1. The molecule has 2 rings (SSSR count). The first kappa shape index (κ1) is 10.5. The van der Waals surface area contributed by atoms with E-state index in [9.17, 15) is 18.0 Å². The third kappa shape index (κ3) is 2.31. The van der Waals surface area contributed by atoms with E-state index in [1.165, 1.54) is 0 Å². The second-order valence-electron chi connectivity index (χ2n) is 3.59. The summed E-state index contributed by atoms with van der Waals surface area (Å²) in [5.74, 6) is -1.41. The van der Waals surface area contributed by atoms with Gasteiger partial charge in [-0.15, -0.1) is 0 Å². The lowest BCUT2D eigenvalue weighted by Crippen LogP contribution is -2.29. The first-order valence-corrected chi connectivity index (χ1v) is 4.53. The van der Waals surface area contributed by atoms with Gasteiger partial charge >= 0.3 is 12.1 Å². The molecule has 1 fully saturated rings. The molecular formula is C9H9F3O3. The lowest BCUT2D eigenvalue weighted by molar-refractivity contribution is -0.189. The molecule has 84 valence electrons. The fourth-order valence-electron chi connectivity index (χ4n) is 1.76. The van der Waals surface area contributed by atoms with Crippen LogP contribution in [0, 0.1) is 5.92 Å². The number of rotatable bonds is 2. The van der Waals surface area contributed by atoms with E-state index in [1.54, 1.807) is 12.2 Å². The van der Waals surface area contributed by atoms with Crippen molar-refractivity contribution in [1.82, 2.24) is 0 Å². The molecule has 6 heteroatoms. The second kappa shape index (κ2) is 3.52. The fraction of sp³-hybridized carbons (Fsp3) is 0.667. The molecule has 3 nitrogen and oxygen atoms in total. The minimum absolute atomic E-state index is 0.140. The Labute approximate surface area is 83.8 Å². The Kier molecular flexibility index (Phi) is 2.46. The van der Waals surface area contributed by atoms with E-state index < -0.39 is 30.8 Å². The van der Waals surface area contributed by atoms with Crippen LogP contribution in [-0.4, -0.2) is 31.0 Å². The highest BCUT2D eigenvalue weighted by Crippen LogP contribution is 2.34. The molecule has 0 aromatic carbocycles. The SMILES string of the molecule is O=C(OCC(F)(F)F)[C@@H]1C[C@@H]2C=C[C@H]1O2. The number of alkyl halides is 3. The molecule has 1 saturated heterocycles. The van der Waals surface area contributed by atoms with Crippen LogP contribution in [0.1, 0.15) is 6.42 Å². The normalized spacial score (nSPS) is 33.4. The molecule has 3 atom stereocenters. The summed E-state index contributed by atoms with van der Waals surface area (Å²) in [4.78, 5) is 11.2. The Bertz CT molecular complexity index is 297. The van der Waals surface area contributed by atoms with Crippen molar-refractivity contribution in [3.8, 4) is 0 Å². The summed E-state index contributed by atoms with van der Waals surface area (Å²) in [7, 11) is 0. The van der Waals surface area contributed by atoms with Gasteiger partial charge in [0.1, 0.15) is 0 Å². The van der Waals surface area contributed by atoms with Crippen LogP contribution in [0.3, 0.4) is 0 Å². The largest absolute Gasteiger partial charge is 0.456 e. The Morgan fingerprint density at radius 3 is 2.67 bits per heavy atom. The van der Waals surface area contributed by atoms with Crippen molar-refractivity contribution in [3.05, 3.63) is 12.2 Å². The van der Waals surface area contributed by atoms with Gasteiger partial charge in [0.05, 0.1) is 18.1 Å². The maximum atomic E-state index is 11.8. The van der Waals surface area contributed by atoms with E-state index >= 15 is 0 Å². The Hall–Kier alpha value is -1.04. The first-order chi connectivity index (χ1) is 6.96. The molecule has 2 aliphatic rings. The predicted octanol–water partition coefficient (Wildman–Crippen LogP) is 1.44. The summed E-state index contributed by atoms with van der Waals surface area (Å²) in [5.41, 5.74) is 0. The van der Waals surface area contributed by atoms with E-state index in [2.05, 4.69) is 4.74 Å². The van der Waals surface area contributed by atoms with Crippen LogP contribution in [-0.2, 0) is 14.3 Å². The molecule has 0 unspecified atom stereocenters. The lowest BCUT2D eigenvalue weighted by atomic mass is 9.95. The third-order valence-corrected chi connectivity index (χ3v) is 2.41. The zero-order chi connectivity index (χ0) is 11.1. The molecule has 0 amide bonds. The number of halogens is 3. The molecular weight excluding hydrogens is 213 g/mol. The number of carbonyl (C=O) groups excluding carboxylic acids is 1. The van der Waals surface area contributed by atoms with Crippen molar-refractivity contribution in [1.29, 1.82) is 0 Å². The van der Waals surface area contributed by atoms with Gasteiger partial charge in [0.2, 0.25) is 0 Å². The molecule has 0 N–H and O–H groups in total. The topological polar surface area (TPSA) is 35.5 Å². The van der Waals surface area contributed by atoms with Gasteiger partial charge in [-0.2, -0.15) is 13.2 Å². The molecule has 2 aliphatic heterocycles. The maximum absolute atomic E-state index is 11.8. The van der Waals surface area contributed by atoms with Gasteiger partial charge in [0.15, 0.2) is 6.61 Å². The van der Waals surface area contributed by atoms with E-state index in [4.69, 9.17) is 4.74 Å². The smallest absolute Gasteiger partial charge is 0.422 e. The van der Waals surface area contributed by atoms with Gasteiger partial charge in [-0.1, -0.05) is 12.2 Å². The van der Waals surface area contributed by atoms with Gasteiger partial charge < -0.3 is 9.47 Å². The Morgan fingerprint density at radius 1 is 1.47 bits per heavy atom. The molecule has 0 saturated carbocycles. The minimum Gasteiger partial charge on any atom is -0.456 e. The number of fused-ring (bicyclic) bond motifs is 2. The van der Waals surface area contributed by atoms with Crippen LogP contribution in [0.25, 0.3) is 0 Å². The minimum atomic E-state index is -4.47. The Morgan fingerprint density at radius 2 is 2.20 bits per heavy atom. The molecule has 0 aliphatic carbocycles. The van der Waals surface area contributed by atoms with Crippen molar-refractivity contribution in [2.24, 2.45) is 5.92 Å². The molecule has 2 heterocycles. The zero-order valence-corrected chi connectivity index (χ0v) is 7.66. The molecule has 0 aromatic rings. The van der Waals surface area contributed by atoms with Crippen LogP contribution in [0.4, 0.5) is 13.2 Å². The van der Waals surface area contributed by atoms with Gasteiger partial charge in [0.25, 0.3) is 0 Å². The van der Waals surface area contributed by atoms with Gasteiger partial charge in [-0.3, -0.25) is 4.79 Å². The summed E-state index contributed by atoms with van der Waals surface area (Å²) in [6, 6.07) is 0. The average Bonchev–Trinajstić information content (AvgIpc) is 2.73. The van der Waals surface area contributed by atoms with Crippen molar-refractivity contribution < 1.29 is 27.4 Å². The number of ether oxygens (including phenoxy) is 2. The lowest BCUT2D eigenvalue weighted by Gasteiger charge is -2.15. The number of hydrogen-bond acceptors (Lipinski definition) is 3. The highest BCUT2D eigenvalue weighted by atomic mass is 19.4. The summed E-state index contributed by atoms with van der Waals surface area (Å²) >= 11 is 0. The summed E-state index contributed by atoms with van der Waals surface area (Å²) in [5, 5.41) is 0. The van der Waals surface area contributed by atoms with Crippen molar-refractivity contribution in [2.75, 3.05) is 6.61 Å². The predicted molar refractivity (Wildman–Crippen MR) is 42.9 cm³/mol. The van der Waals surface area contributed by atoms with Crippen molar-refractivity contribution in [2.45, 2.75) is 24.8 Å². The molecule has 15 heavy (non-hydrogen) atoms. The van der Waals surface area contributed by atoms with Gasteiger partial charge in [-0.25, -0.2) is 0 Å². The fourth-order valence-corrected chi connectivity index (χ4v) is 1.76. The molecule has 0 radical (unpaired) electrons. The first-order valence-electron chi connectivity index (χ1n) is 4.53. The summed E-state index contributed by atoms with van der Waals surface area (Å²) in [6.07, 6.45) is -1.11. The van der Waals surface area contributed by atoms with Gasteiger partial charge in [-0.05, 0) is 6.42 Å². The van der Waals surface area contributed by atoms with Crippen LogP contribution in [0.5, 0.6) is 0 Å². The van der Waals surface area contributed by atoms with Crippen LogP contribution in [0.2, 0.25) is 0 Å². The van der Waals surface area contributed by atoms with Gasteiger partial charge in [0, 0.05) is 0 Å². The molecule has 0 aromatic heterocycles. The van der Waals surface area contributed by atoms with Crippen LogP contribution in [0.15, 0.2) is 12.2 Å². The summed E-state index contributed by atoms with van der Waals surface area (Å²) in [6.45, 7) is -1.52. The number of carbonyl (C=O) groups is 1. The molecule has 2 bridgehead atoms. The van der Waals surface area contributed by atoms with E-state index in [-0.39, 0.29) is 6.10 Å².